The molecule has 1 amide bonds. The van der Waals surface area contributed by atoms with Crippen LogP contribution in [0, 0.1) is 13.8 Å². The highest BCUT2D eigenvalue weighted by molar-refractivity contribution is 5.89. The lowest BCUT2D eigenvalue weighted by Crippen LogP contribution is -2.05. The molecular weight excluding hydrogens is 326 g/mol. The van der Waals surface area contributed by atoms with Crippen LogP contribution in [-0.2, 0) is 11.2 Å². The largest absolute Gasteiger partial charge is 0.396 e. The van der Waals surface area contributed by atoms with Gasteiger partial charge in [0.05, 0.1) is 11.4 Å². The molecule has 1 heterocycles. The summed E-state index contributed by atoms with van der Waals surface area (Å²) in [6, 6.07) is 15.9. The summed E-state index contributed by atoms with van der Waals surface area (Å²) in [5, 5.41) is 16.5. The van der Waals surface area contributed by atoms with Crippen molar-refractivity contribution in [2.45, 2.75) is 27.2 Å². The summed E-state index contributed by atoms with van der Waals surface area (Å²) in [4.78, 5) is 11.2. The minimum absolute atomic E-state index is 0.0809. The molecule has 0 radical (unpaired) electrons. The zero-order valence-corrected chi connectivity index (χ0v) is 15.3. The van der Waals surface area contributed by atoms with Gasteiger partial charge in [-0.05, 0) is 55.7 Å². The van der Waals surface area contributed by atoms with Crippen LogP contribution in [0.2, 0.25) is 0 Å². The van der Waals surface area contributed by atoms with E-state index in [0.717, 1.165) is 39.5 Å². The van der Waals surface area contributed by atoms with E-state index in [4.69, 9.17) is 10.2 Å². The van der Waals surface area contributed by atoms with Gasteiger partial charge in [-0.1, -0.05) is 24.3 Å². The van der Waals surface area contributed by atoms with Crippen LogP contribution in [0.1, 0.15) is 23.9 Å². The van der Waals surface area contributed by atoms with Gasteiger partial charge in [0.1, 0.15) is 0 Å². The van der Waals surface area contributed by atoms with E-state index in [1.54, 1.807) is 0 Å². The van der Waals surface area contributed by atoms with E-state index in [0.29, 0.717) is 6.42 Å². The van der Waals surface area contributed by atoms with E-state index in [1.807, 2.05) is 60.1 Å². The first-order valence-corrected chi connectivity index (χ1v) is 8.64. The Bertz CT molecular complexity index is 910. The van der Waals surface area contributed by atoms with Gasteiger partial charge in [0.25, 0.3) is 0 Å². The molecule has 3 rings (SSSR count). The highest BCUT2D eigenvalue weighted by Crippen LogP contribution is 2.29. The highest BCUT2D eigenvalue weighted by Gasteiger charge is 2.14. The fourth-order valence-electron chi connectivity index (χ4n) is 3.17. The summed E-state index contributed by atoms with van der Waals surface area (Å²) >= 11 is 0. The lowest BCUT2D eigenvalue weighted by Gasteiger charge is -2.08. The van der Waals surface area contributed by atoms with Gasteiger partial charge >= 0.3 is 0 Å². The molecule has 2 aromatic carbocycles. The first kappa shape index (κ1) is 17.9. The minimum Gasteiger partial charge on any atom is -0.396 e. The van der Waals surface area contributed by atoms with E-state index in [2.05, 4.69) is 12.2 Å². The second kappa shape index (κ2) is 7.54. The molecule has 0 aliphatic rings. The Hall–Kier alpha value is -2.92. The van der Waals surface area contributed by atoms with Gasteiger partial charge in [-0.3, -0.25) is 4.79 Å². The lowest BCUT2D eigenvalue weighted by atomic mass is 10.0. The van der Waals surface area contributed by atoms with Crippen LogP contribution in [0.5, 0.6) is 0 Å². The van der Waals surface area contributed by atoms with E-state index in [-0.39, 0.29) is 12.5 Å². The zero-order chi connectivity index (χ0) is 18.7. The van der Waals surface area contributed by atoms with Crippen LogP contribution in [0.15, 0.2) is 48.5 Å². The number of aromatic nitrogens is 2. The van der Waals surface area contributed by atoms with Crippen molar-refractivity contribution in [1.82, 2.24) is 9.78 Å². The molecule has 0 saturated heterocycles. The number of nitrogens with one attached hydrogen (secondary N) is 1. The molecule has 5 nitrogen and oxygen atoms in total. The fraction of sp³-hybridized carbons (Fsp3) is 0.238. The number of benzene rings is 2. The van der Waals surface area contributed by atoms with Crippen molar-refractivity contribution in [2.75, 3.05) is 11.9 Å². The maximum atomic E-state index is 11.2. The Morgan fingerprint density at radius 1 is 1.08 bits per heavy atom. The van der Waals surface area contributed by atoms with Crippen molar-refractivity contribution < 1.29 is 9.90 Å². The fourth-order valence-corrected chi connectivity index (χ4v) is 3.17. The van der Waals surface area contributed by atoms with E-state index >= 15 is 0 Å². The molecule has 5 heteroatoms. The van der Waals surface area contributed by atoms with Crippen molar-refractivity contribution in [1.29, 1.82) is 0 Å². The molecule has 1 aromatic heterocycles. The maximum absolute atomic E-state index is 11.2. The van der Waals surface area contributed by atoms with Crippen molar-refractivity contribution >= 4 is 11.6 Å². The number of aliphatic hydroxyl groups is 1. The number of rotatable bonds is 5. The summed E-state index contributed by atoms with van der Waals surface area (Å²) in [5.74, 6) is -0.0809. The molecule has 2 N–H and O–H groups in total. The molecule has 0 spiro atoms. The first-order chi connectivity index (χ1) is 12.5. The molecule has 0 bridgehead atoms. The van der Waals surface area contributed by atoms with Gasteiger partial charge in [0.2, 0.25) is 5.91 Å². The normalized spacial score (nSPS) is 10.8. The van der Waals surface area contributed by atoms with Crippen LogP contribution >= 0.6 is 0 Å². The van der Waals surface area contributed by atoms with Gasteiger partial charge in [-0.15, -0.1) is 0 Å². The Balaban J connectivity index is 1.94. The molecule has 3 aromatic rings. The summed E-state index contributed by atoms with van der Waals surface area (Å²) in [6.45, 7) is 5.70. The molecule has 0 atom stereocenters. The number of hydrogen-bond donors (Lipinski definition) is 2. The number of carbonyl (C=O) groups is 1. The first-order valence-electron chi connectivity index (χ1n) is 8.64. The Kier molecular flexibility index (Phi) is 5.19. The average Bonchev–Trinajstić information content (AvgIpc) is 2.91. The monoisotopic (exact) mass is 349 g/mol. The Labute approximate surface area is 153 Å². The topological polar surface area (TPSA) is 67.2 Å². The number of hydrogen-bond acceptors (Lipinski definition) is 3. The van der Waals surface area contributed by atoms with Crippen molar-refractivity contribution in [3.05, 3.63) is 65.5 Å². The molecule has 0 fully saturated rings. The molecule has 0 saturated carbocycles. The summed E-state index contributed by atoms with van der Waals surface area (Å²) < 4.78 is 1.94. The van der Waals surface area contributed by atoms with Gasteiger partial charge in [-0.2, -0.15) is 5.10 Å². The smallest absolute Gasteiger partial charge is 0.221 e. The second-order valence-corrected chi connectivity index (χ2v) is 6.36. The molecule has 0 aliphatic carbocycles. The van der Waals surface area contributed by atoms with Crippen LogP contribution in [-0.4, -0.2) is 27.4 Å². The van der Waals surface area contributed by atoms with Gasteiger partial charge in [0.15, 0.2) is 0 Å². The summed E-state index contributed by atoms with van der Waals surface area (Å²) in [7, 11) is 0. The number of amides is 1. The average molecular weight is 349 g/mol. The highest BCUT2D eigenvalue weighted by atomic mass is 16.3. The number of nitrogens with zero attached hydrogens (tertiary/aromatic N) is 2. The van der Waals surface area contributed by atoms with Crippen molar-refractivity contribution in [3.63, 3.8) is 0 Å². The molecule has 0 aliphatic heterocycles. The lowest BCUT2D eigenvalue weighted by molar-refractivity contribution is -0.114. The van der Waals surface area contributed by atoms with E-state index < -0.39 is 0 Å². The predicted molar refractivity (Wildman–Crippen MR) is 104 cm³/mol. The predicted octanol–water partition coefficient (Wildman–Crippen LogP) is 3.65. The SMILES string of the molecule is CC(=O)Nc1ccc(-c2c(C)nn(-c3ccc(CCO)cc3)c2C)cc1. The Morgan fingerprint density at radius 3 is 2.31 bits per heavy atom. The molecular formula is C21H23N3O2. The third kappa shape index (κ3) is 3.68. The zero-order valence-electron chi connectivity index (χ0n) is 15.3. The number of aliphatic hydroxyl groups excluding tert-OH is 1. The maximum Gasteiger partial charge on any atom is 0.221 e. The number of anilines is 1. The third-order valence-electron chi connectivity index (χ3n) is 4.37. The van der Waals surface area contributed by atoms with Crippen LogP contribution in [0.3, 0.4) is 0 Å². The number of aryl methyl sites for hydroxylation is 1. The van der Waals surface area contributed by atoms with E-state index in [9.17, 15) is 4.79 Å². The van der Waals surface area contributed by atoms with Gasteiger partial charge in [0, 0.05) is 30.5 Å². The van der Waals surface area contributed by atoms with Gasteiger partial charge < -0.3 is 10.4 Å². The summed E-state index contributed by atoms with van der Waals surface area (Å²) in [6.07, 6.45) is 0.656. The third-order valence-corrected chi connectivity index (χ3v) is 4.37. The molecule has 26 heavy (non-hydrogen) atoms. The van der Waals surface area contributed by atoms with Crippen molar-refractivity contribution in [2.24, 2.45) is 0 Å². The summed E-state index contributed by atoms with van der Waals surface area (Å²) in [5.41, 5.74) is 7.05. The minimum atomic E-state index is -0.0809. The molecule has 134 valence electrons. The quantitative estimate of drug-likeness (QED) is 0.739. The second-order valence-electron chi connectivity index (χ2n) is 6.36. The molecule has 0 unspecified atom stereocenters. The Morgan fingerprint density at radius 2 is 1.73 bits per heavy atom. The van der Waals surface area contributed by atoms with Crippen molar-refractivity contribution in [3.8, 4) is 16.8 Å². The van der Waals surface area contributed by atoms with E-state index in [1.165, 1.54) is 6.92 Å². The standard InChI is InChI=1S/C21H23N3O2/c1-14-21(18-6-8-19(9-7-18)22-16(3)26)15(2)24(23-14)20-10-4-17(5-11-20)12-13-25/h4-11,25H,12-13H2,1-3H3,(H,22,26). The number of carbonyl (C=O) groups excluding carboxylic acids is 1. The van der Waals surface area contributed by atoms with Crippen LogP contribution < -0.4 is 5.32 Å². The van der Waals surface area contributed by atoms with Gasteiger partial charge in [-0.25, -0.2) is 4.68 Å². The van der Waals surface area contributed by atoms with Crippen LogP contribution in [0.4, 0.5) is 5.69 Å². The van der Waals surface area contributed by atoms with Crippen LogP contribution in [0.25, 0.3) is 16.8 Å².